The number of fused-ring (bicyclic) bond motifs is 1. The molecular weight excluding hydrogens is 322 g/mol. The number of unbranched alkanes of at least 4 members (excludes halogenated alkanes) is 2. The number of carbonyl (C=O) groups is 1. The molecule has 0 atom stereocenters. The van der Waals surface area contributed by atoms with Gasteiger partial charge in [0.05, 0.1) is 24.1 Å². The third kappa shape index (κ3) is 3.66. The number of carbonyl (C=O) groups excluding carboxylic acids is 1. The molecule has 1 N–H and O–H groups in total. The Kier molecular flexibility index (Phi) is 5.33. The van der Waals surface area contributed by atoms with Crippen molar-refractivity contribution in [2.45, 2.75) is 32.7 Å². The molecule has 0 radical (unpaired) electrons. The highest BCUT2D eigenvalue weighted by atomic mass is 16.5. The molecule has 1 saturated heterocycles. The monoisotopic (exact) mass is 345 g/mol. The van der Waals surface area contributed by atoms with Crippen molar-refractivity contribution < 1.29 is 9.53 Å². The number of ether oxygens (including phenoxy) is 1. The lowest BCUT2D eigenvalue weighted by Gasteiger charge is -2.26. The van der Waals surface area contributed by atoms with Gasteiger partial charge < -0.3 is 14.6 Å². The van der Waals surface area contributed by atoms with Gasteiger partial charge in [0.25, 0.3) is 11.5 Å². The first-order valence-electron chi connectivity index (χ1n) is 8.75. The summed E-state index contributed by atoms with van der Waals surface area (Å²) in [6, 6.07) is 4.86. The SMILES string of the molecule is CCCCCn1c(=O)[nH]c2cc(C(=O)N3CCOCC3)ccc2c1=O. The Labute approximate surface area is 145 Å². The maximum absolute atomic E-state index is 12.6. The van der Waals surface area contributed by atoms with E-state index >= 15 is 0 Å². The van der Waals surface area contributed by atoms with Crippen LogP contribution in [0.15, 0.2) is 27.8 Å². The van der Waals surface area contributed by atoms with Crippen LogP contribution in [0.5, 0.6) is 0 Å². The molecular formula is C18H23N3O4. The van der Waals surface area contributed by atoms with Gasteiger partial charge in [-0.3, -0.25) is 14.2 Å². The standard InChI is InChI=1S/C18H23N3O4/c1-2-3-4-7-21-17(23)14-6-5-13(12-15(14)19-18(21)24)16(22)20-8-10-25-11-9-20/h5-6,12H,2-4,7-11H2,1H3,(H,19,24). The third-order valence-electron chi connectivity index (χ3n) is 4.51. The first-order valence-corrected chi connectivity index (χ1v) is 8.75. The lowest BCUT2D eigenvalue weighted by molar-refractivity contribution is 0.0303. The third-order valence-corrected chi connectivity index (χ3v) is 4.51. The first-order chi connectivity index (χ1) is 12.1. The van der Waals surface area contributed by atoms with E-state index in [1.54, 1.807) is 23.1 Å². The number of aromatic amines is 1. The number of nitrogens with one attached hydrogen (secondary N) is 1. The molecule has 2 heterocycles. The fourth-order valence-electron chi connectivity index (χ4n) is 3.06. The van der Waals surface area contributed by atoms with Gasteiger partial charge in [-0.05, 0) is 24.6 Å². The molecule has 25 heavy (non-hydrogen) atoms. The number of H-pyrrole nitrogens is 1. The average molecular weight is 345 g/mol. The Morgan fingerprint density at radius 1 is 1.20 bits per heavy atom. The van der Waals surface area contributed by atoms with Gasteiger partial charge in [-0.1, -0.05) is 19.8 Å². The zero-order chi connectivity index (χ0) is 17.8. The molecule has 0 saturated carbocycles. The summed E-state index contributed by atoms with van der Waals surface area (Å²) < 4.78 is 6.49. The highest BCUT2D eigenvalue weighted by Gasteiger charge is 2.19. The molecule has 134 valence electrons. The van der Waals surface area contributed by atoms with Gasteiger partial charge >= 0.3 is 5.69 Å². The largest absolute Gasteiger partial charge is 0.378 e. The maximum Gasteiger partial charge on any atom is 0.328 e. The zero-order valence-corrected chi connectivity index (χ0v) is 14.4. The second-order valence-electron chi connectivity index (χ2n) is 6.26. The molecule has 1 amide bonds. The van der Waals surface area contributed by atoms with E-state index in [-0.39, 0.29) is 11.5 Å². The summed E-state index contributed by atoms with van der Waals surface area (Å²) in [7, 11) is 0. The van der Waals surface area contributed by atoms with Gasteiger partial charge in [0.1, 0.15) is 0 Å². The highest BCUT2D eigenvalue weighted by molar-refractivity contribution is 5.97. The minimum atomic E-state index is -0.426. The molecule has 1 aromatic carbocycles. The number of benzene rings is 1. The second-order valence-corrected chi connectivity index (χ2v) is 6.26. The van der Waals surface area contributed by atoms with E-state index in [9.17, 15) is 14.4 Å². The summed E-state index contributed by atoms with van der Waals surface area (Å²) >= 11 is 0. The number of hydrogen-bond acceptors (Lipinski definition) is 4. The molecule has 7 heteroatoms. The first kappa shape index (κ1) is 17.4. The van der Waals surface area contributed by atoms with Gasteiger partial charge in [0.2, 0.25) is 0 Å². The Bertz CT molecular complexity index is 878. The van der Waals surface area contributed by atoms with Crippen LogP contribution in [0.3, 0.4) is 0 Å². The Balaban J connectivity index is 1.93. The van der Waals surface area contributed by atoms with Gasteiger partial charge in [0.15, 0.2) is 0 Å². The molecule has 1 aromatic heterocycles. The molecule has 1 aliphatic rings. The number of morpholine rings is 1. The number of rotatable bonds is 5. The number of aromatic nitrogens is 2. The number of amides is 1. The molecule has 0 unspecified atom stereocenters. The Morgan fingerprint density at radius 2 is 1.96 bits per heavy atom. The molecule has 3 rings (SSSR count). The predicted octanol–water partition coefficient (Wildman–Crippen LogP) is 1.35. The quantitative estimate of drug-likeness (QED) is 0.829. The normalized spacial score (nSPS) is 14.8. The van der Waals surface area contributed by atoms with Gasteiger partial charge in [0, 0.05) is 25.2 Å². The molecule has 0 spiro atoms. The van der Waals surface area contributed by atoms with Crippen LogP contribution in [-0.2, 0) is 11.3 Å². The van der Waals surface area contributed by atoms with E-state index in [4.69, 9.17) is 4.74 Å². The fraction of sp³-hybridized carbons (Fsp3) is 0.500. The van der Waals surface area contributed by atoms with Crippen molar-refractivity contribution in [1.82, 2.24) is 14.5 Å². The Morgan fingerprint density at radius 3 is 2.68 bits per heavy atom. The van der Waals surface area contributed by atoms with Gasteiger partial charge in [-0.25, -0.2) is 4.79 Å². The van der Waals surface area contributed by atoms with E-state index in [2.05, 4.69) is 11.9 Å². The van der Waals surface area contributed by atoms with Crippen molar-refractivity contribution in [2.75, 3.05) is 26.3 Å². The molecule has 1 aliphatic heterocycles. The van der Waals surface area contributed by atoms with Crippen LogP contribution in [0.4, 0.5) is 0 Å². The van der Waals surface area contributed by atoms with Crippen molar-refractivity contribution in [3.05, 3.63) is 44.6 Å². The van der Waals surface area contributed by atoms with E-state index in [1.165, 1.54) is 4.57 Å². The molecule has 1 fully saturated rings. The minimum absolute atomic E-state index is 0.113. The van der Waals surface area contributed by atoms with Crippen LogP contribution in [0, 0.1) is 0 Å². The summed E-state index contributed by atoms with van der Waals surface area (Å²) in [5, 5.41) is 0.426. The summed E-state index contributed by atoms with van der Waals surface area (Å²) in [6.07, 6.45) is 2.78. The van der Waals surface area contributed by atoms with Crippen LogP contribution in [-0.4, -0.2) is 46.7 Å². The van der Waals surface area contributed by atoms with Crippen molar-refractivity contribution >= 4 is 16.8 Å². The Hall–Kier alpha value is -2.41. The molecule has 2 aromatic rings. The lowest BCUT2D eigenvalue weighted by Crippen LogP contribution is -2.40. The van der Waals surface area contributed by atoms with E-state index in [0.29, 0.717) is 49.3 Å². The smallest absolute Gasteiger partial charge is 0.328 e. The lowest BCUT2D eigenvalue weighted by atomic mass is 10.1. The number of hydrogen-bond donors (Lipinski definition) is 1. The predicted molar refractivity (Wildman–Crippen MR) is 95.1 cm³/mol. The highest BCUT2D eigenvalue weighted by Crippen LogP contribution is 2.13. The minimum Gasteiger partial charge on any atom is -0.378 e. The fourth-order valence-corrected chi connectivity index (χ4v) is 3.06. The maximum atomic E-state index is 12.6. The molecule has 7 nitrogen and oxygen atoms in total. The zero-order valence-electron chi connectivity index (χ0n) is 14.4. The van der Waals surface area contributed by atoms with Crippen LogP contribution in [0.25, 0.3) is 10.9 Å². The van der Waals surface area contributed by atoms with Crippen molar-refractivity contribution in [3.8, 4) is 0 Å². The summed E-state index contributed by atoms with van der Waals surface area (Å²) in [4.78, 5) is 41.8. The van der Waals surface area contributed by atoms with E-state index in [0.717, 1.165) is 19.3 Å². The summed E-state index contributed by atoms with van der Waals surface area (Å²) in [5.41, 5.74) is 0.138. The van der Waals surface area contributed by atoms with Crippen molar-refractivity contribution in [2.24, 2.45) is 0 Å². The van der Waals surface area contributed by atoms with Crippen molar-refractivity contribution in [3.63, 3.8) is 0 Å². The van der Waals surface area contributed by atoms with Crippen LogP contribution in [0.1, 0.15) is 36.5 Å². The molecule has 0 bridgehead atoms. The summed E-state index contributed by atoms with van der Waals surface area (Å²) in [5.74, 6) is -0.113. The second kappa shape index (κ2) is 7.65. The topological polar surface area (TPSA) is 84.4 Å². The van der Waals surface area contributed by atoms with Crippen LogP contribution < -0.4 is 11.2 Å². The van der Waals surface area contributed by atoms with Gasteiger partial charge in [-0.15, -0.1) is 0 Å². The van der Waals surface area contributed by atoms with E-state index in [1.807, 2.05) is 0 Å². The van der Waals surface area contributed by atoms with Crippen LogP contribution >= 0.6 is 0 Å². The average Bonchev–Trinajstić information content (AvgIpc) is 2.64. The number of nitrogens with zero attached hydrogens (tertiary/aromatic N) is 2. The molecule has 0 aliphatic carbocycles. The van der Waals surface area contributed by atoms with E-state index < -0.39 is 5.69 Å². The van der Waals surface area contributed by atoms with Crippen molar-refractivity contribution in [1.29, 1.82) is 0 Å². The summed E-state index contributed by atoms with van der Waals surface area (Å²) in [6.45, 7) is 4.63. The van der Waals surface area contributed by atoms with Crippen LogP contribution in [0.2, 0.25) is 0 Å². The van der Waals surface area contributed by atoms with Gasteiger partial charge in [-0.2, -0.15) is 0 Å².